The summed E-state index contributed by atoms with van der Waals surface area (Å²) in [5.41, 5.74) is 3.67. The summed E-state index contributed by atoms with van der Waals surface area (Å²) in [5, 5.41) is 0. The van der Waals surface area contributed by atoms with Crippen LogP contribution in [0.2, 0.25) is 0 Å². The van der Waals surface area contributed by atoms with Crippen molar-refractivity contribution in [1.82, 2.24) is 0 Å². The molecule has 0 aromatic carbocycles. The number of allylic oxidation sites excluding steroid dienone is 5. The number of rotatable bonds is 2. The summed E-state index contributed by atoms with van der Waals surface area (Å²) in [6.07, 6.45) is 5.16. The van der Waals surface area contributed by atoms with E-state index in [4.69, 9.17) is 4.74 Å². The Morgan fingerprint density at radius 3 is 2.38 bits per heavy atom. The van der Waals surface area contributed by atoms with Gasteiger partial charge >= 0.3 is 5.97 Å². The molecule has 1 atom stereocenters. The second-order valence-corrected chi connectivity index (χ2v) is 4.66. The molecule has 2 nitrogen and oxygen atoms in total. The van der Waals surface area contributed by atoms with Crippen molar-refractivity contribution >= 4 is 5.97 Å². The highest BCUT2D eigenvalue weighted by Gasteiger charge is 2.24. The quantitative estimate of drug-likeness (QED) is 0.523. The second kappa shape index (κ2) is 5.15. The van der Waals surface area contributed by atoms with Crippen LogP contribution in [0.3, 0.4) is 0 Å². The predicted molar refractivity (Wildman–Crippen MR) is 65.8 cm³/mol. The minimum Gasteiger partial charge on any atom is -0.427 e. The molecule has 0 N–H and O–H groups in total. The van der Waals surface area contributed by atoms with Gasteiger partial charge in [-0.05, 0) is 40.2 Å². The predicted octanol–water partition coefficient (Wildman–Crippen LogP) is 3.76. The minimum atomic E-state index is -0.247. The fourth-order valence-corrected chi connectivity index (χ4v) is 2.07. The summed E-state index contributed by atoms with van der Waals surface area (Å²) in [5.74, 6) is 0.863. The van der Waals surface area contributed by atoms with E-state index in [0.29, 0.717) is 5.92 Å². The molecule has 1 unspecified atom stereocenters. The van der Waals surface area contributed by atoms with Gasteiger partial charge < -0.3 is 4.74 Å². The Kier molecular flexibility index (Phi) is 4.11. The molecule has 0 aromatic heterocycles. The summed E-state index contributed by atoms with van der Waals surface area (Å²) in [4.78, 5) is 11.0. The first-order valence-electron chi connectivity index (χ1n) is 5.63. The topological polar surface area (TPSA) is 26.3 Å². The van der Waals surface area contributed by atoms with Crippen molar-refractivity contribution in [2.24, 2.45) is 5.92 Å². The summed E-state index contributed by atoms with van der Waals surface area (Å²) in [6, 6.07) is 0. The maximum atomic E-state index is 11.0. The van der Waals surface area contributed by atoms with Gasteiger partial charge in [-0.25, -0.2) is 0 Å². The average molecular weight is 220 g/mol. The summed E-state index contributed by atoms with van der Waals surface area (Å²) >= 11 is 0. The Balaban J connectivity index is 2.97. The van der Waals surface area contributed by atoms with Crippen molar-refractivity contribution in [1.29, 1.82) is 0 Å². The van der Waals surface area contributed by atoms with Gasteiger partial charge in [-0.15, -0.1) is 0 Å². The number of ether oxygens (including phenoxy) is 1. The molecule has 0 spiro atoms. The number of carbonyl (C=O) groups is 1. The van der Waals surface area contributed by atoms with Gasteiger partial charge in [0.1, 0.15) is 5.76 Å². The third-order valence-electron chi connectivity index (χ3n) is 2.52. The van der Waals surface area contributed by atoms with E-state index in [1.807, 2.05) is 6.08 Å². The van der Waals surface area contributed by atoms with Gasteiger partial charge in [0.15, 0.2) is 0 Å². The molecule has 1 aliphatic carbocycles. The molecule has 88 valence electrons. The van der Waals surface area contributed by atoms with Gasteiger partial charge in [0.25, 0.3) is 0 Å². The van der Waals surface area contributed by atoms with Crippen molar-refractivity contribution < 1.29 is 9.53 Å². The van der Waals surface area contributed by atoms with E-state index in [2.05, 4.69) is 33.8 Å². The molecule has 16 heavy (non-hydrogen) atoms. The van der Waals surface area contributed by atoms with Gasteiger partial charge in [-0.3, -0.25) is 4.79 Å². The molecular formula is C14H20O2. The smallest absolute Gasteiger partial charge is 0.308 e. The molecule has 2 heteroatoms. The highest BCUT2D eigenvalue weighted by molar-refractivity contribution is 5.68. The van der Waals surface area contributed by atoms with Gasteiger partial charge in [0, 0.05) is 18.4 Å². The molecule has 0 saturated carbocycles. The number of hydrogen-bond acceptors (Lipinski definition) is 2. The van der Waals surface area contributed by atoms with Crippen LogP contribution in [0.4, 0.5) is 0 Å². The van der Waals surface area contributed by atoms with E-state index < -0.39 is 0 Å². The van der Waals surface area contributed by atoms with E-state index in [9.17, 15) is 4.79 Å². The van der Waals surface area contributed by atoms with Crippen LogP contribution >= 0.6 is 0 Å². The van der Waals surface area contributed by atoms with Crippen molar-refractivity contribution in [3.63, 3.8) is 0 Å². The first-order chi connectivity index (χ1) is 7.41. The number of esters is 1. The van der Waals surface area contributed by atoms with Gasteiger partial charge in [-0.1, -0.05) is 17.2 Å². The zero-order valence-corrected chi connectivity index (χ0v) is 10.8. The van der Waals surface area contributed by atoms with E-state index in [1.54, 1.807) is 0 Å². The molecule has 0 heterocycles. The highest BCUT2D eigenvalue weighted by atomic mass is 16.5. The van der Waals surface area contributed by atoms with Crippen molar-refractivity contribution in [3.8, 4) is 0 Å². The van der Waals surface area contributed by atoms with Crippen molar-refractivity contribution in [2.45, 2.75) is 41.0 Å². The molecule has 0 amide bonds. The van der Waals surface area contributed by atoms with Crippen LogP contribution in [-0.2, 0) is 9.53 Å². The van der Waals surface area contributed by atoms with Crippen LogP contribution in [0.15, 0.2) is 34.6 Å². The monoisotopic (exact) mass is 220 g/mol. The van der Waals surface area contributed by atoms with Crippen LogP contribution in [0.5, 0.6) is 0 Å². The van der Waals surface area contributed by atoms with Crippen LogP contribution in [-0.4, -0.2) is 5.97 Å². The van der Waals surface area contributed by atoms with Crippen LogP contribution in [0.25, 0.3) is 0 Å². The zero-order valence-electron chi connectivity index (χ0n) is 10.8. The summed E-state index contributed by atoms with van der Waals surface area (Å²) in [7, 11) is 0. The van der Waals surface area contributed by atoms with Gasteiger partial charge in [-0.2, -0.15) is 0 Å². The maximum Gasteiger partial charge on any atom is 0.308 e. The Bertz CT molecular complexity index is 376. The largest absolute Gasteiger partial charge is 0.427 e. The first kappa shape index (κ1) is 12.8. The Labute approximate surface area is 97.7 Å². The normalized spacial score (nSPS) is 19.2. The minimum absolute atomic E-state index is 0.247. The Hall–Kier alpha value is -1.31. The standard InChI is InChI=1S/C14H20O2/c1-9(2)8-12-6-7-13(16-11(5)15)14(12)10(3)4/h7-8,12H,6H2,1-5H3. The lowest BCUT2D eigenvalue weighted by Gasteiger charge is -2.13. The van der Waals surface area contributed by atoms with Crippen molar-refractivity contribution in [3.05, 3.63) is 34.6 Å². The number of carbonyl (C=O) groups excluding carboxylic acids is 1. The van der Waals surface area contributed by atoms with Gasteiger partial charge in [0.05, 0.1) is 0 Å². The average Bonchev–Trinajstić information content (AvgIpc) is 2.45. The third-order valence-corrected chi connectivity index (χ3v) is 2.52. The highest BCUT2D eigenvalue weighted by Crippen LogP contribution is 2.35. The lowest BCUT2D eigenvalue weighted by molar-refractivity contribution is -0.136. The molecule has 0 fully saturated rings. The Morgan fingerprint density at radius 2 is 1.94 bits per heavy atom. The molecule has 0 bridgehead atoms. The van der Waals surface area contributed by atoms with Crippen LogP contribution in [0.1, 0.15) is 41.0 Å². The lowest BCUT2D eigenvalue weighted by Crippen LogP contribution is -2.04. The molecule has 1 aliphatic rings. The molecule has 0 aliphatic heterocycles. The third kappa shape index (κ3) is 3.09. The molecule has 1 rings (SSSR count). The summed E-state index contributed by atoms with van der Waals surface area (Å²) in [6.45, 7) is 9.74. The van der Waals surface area contributed by atoms with E-state index in [0.717, 1.165) is 17.8 Å². The van der Waals surface area contributed by atoms with Gasteiger partial charge in [0.2, 0.25) is 0 Å². The van der Waals surface area contributed by atoms with E-state index in [-0.39, 0.29) is 5.97 Å². The molecule has 0 radical (unpaired) electrons. The maximum absolute atomic E-state index is 11.0. The SMILES string of the molecule is CC(=O)OC1=CCC(C=C(C)C)C1=C(C)C. The Morgan fingerprint density at radius 1 is 1.31 bits per heavy atom. The zero-order chi connectivity index (χ0) is 12.3. The van der Waals surface area contributed by atoms with E-state index in [1.165, 1.54) is 18.1 Å². The van der Waals surface area contributed by atoms with Crippen LogP contribution < -0.4 is 0 Å². The molecule has 0 saturated heterocycles. The lowest BCUT2D eigenvalue weighted by atomic mass is 9.95. The second-order valence-electron chi connectivity index (χ2n) is 4.66. The molecule has 0 aromatic rings. The fraction of sp³-hybridized carbons (Fsp3) is 0.500. The van der Waals surface area contributed by atoms with Crippen LogP contribution in [0, 0.1) is 5.92 Å². The fourth-order valence-electron chi connectivity index (χ4n) is 2.07. The molecular weight excluding hydrogens is 200 g/mol. The summed E-state index contributed by atoms with van der Waals surface area (Å²) < 4.78 is 5.23. The first-order valence-corrected chi connectivity index (χ1v) is 5.63. The van der Waals surface area contributed by atoms with E-state index >= 15 is 0 Å². The number of hydrogen-bond donors (Lipinski definition) is 0. The van der Waals surface area contributed by atoms with Crippen molar-refractivity contribution in [2.75, 3.05) is 0 Å².